The van der Waals surface area contributed by atoms with Crippen molar-refractivity contribution in [3.63, 3.8) is 0 Å². The number of nitrogens with zero attached hydrogens (tertiary/aromatic N) is 1. The standard InChI is InChI=1S/C11H16BrN3O/c12-9-6-1-5-2-7(4-6)10(8(9)3-5)14-15-11(13)16/h5-9H,1-4H2,(H3,13,15,16)/b14-10+/t5-,6+,7-,8+,9-/m0/s1. The highest BCUT2D eigenvalue weighted by molar-refractivity contribution is 9.09. The summed E-state index contributed by atoms with van der Waals surface area (Å²) in [5, 5.41) is 4.23. The molecule has 0 radical (unpaired) electrons. The summed E-state index contributed by atoms with van der Waals surface area (Å²) in [6, 6.07) is -0.563. The van der Waals surface area contributed by atoms with Gasteiger partial charge in [0.15, 0.2) is 0 Å². The van der Waals surface area contributed by atoms with Crippen LogP contribution in [0.3, 0.4) is 0 Å². The van der Waals surface area contributed by atoms with Crippen LogP contribution in [0.4, 0.5) is 4.79 Å². The second-order valence-electron chi connectivity index (χ2n) is 5.33. The Morgan fingerprint density at radius 3 is 2.94 bits per heavy atom. The third-order valence-electron chi connectivity index (χ3n) is 4.36. The first-order valence-electron chi connectivity index (χ1n) is 5.92. The van der Waals surface area contributed by atoms with Crippen LogP contribution in [0.25, 0.3) is 0 Å². The van der Waals surface area contributed by atoms with Gasteiger partial charge in [0.1, 0.15) is 0 Å². The molecular weight excluding hydrogens is 270 g/mol. The largest absolute Gasteiger partial charge is 0.350 e. The lowest BCUT2D eigenvalue weighted by molar-refractivity contribution is 0.117. The molecule has 4 aliphatic carbocycles. The average Bonchev–Trinajstić information content (AvgIpc) is 2.23. The lowest BCUT2D eigenvalue weighted by atomic mass is 9.55. The van der Waals surface area contributed by atoms with E-state index in [1.165, 1.54) is 31.4 Å². The Bertz CT molecular complexity index is 357. The van der Waals surface area contributed by atoms with E-state index in [1.54, 1.807) is 0 Å². The number of carbonyl (C=O) groups is 1. The summed E-state index contributed by atoms with van der Waals surface area (Å²) >= 11 is 3.80. The van der Waals surface area contributed by atoms with Crippen molar-refractivity contribution in [1.82, 2.24) is 5.43 Å². The number of urea groups is 1. The Morgan fingerprint density at radius 2 is 2.19 bits per heavy atom. The number of alkyl halides is 1. The molecule has 16 heavy (non-hydrogen) atoms. The molecule has 0 unspecified atom stereocenters. The molecule has 0 saturated heterocycles. The topological polar surface area (TPSA) is 67.5 Å². The Balaban J connectivity index is 1.85. The van der Waals surface area contributed by atoms with E-state index in [0.717, 1.165) is 11.8 Å². The van der Waals surface area contributed by atoms with Crippen molar-refractivity contribution in [2.75, 3.05) is 0 Å². The summed E-state index contributed by atoms with van der Waals surface area (Å²) in [6.45, 7) is 0. The summed E-state index contributed by atoms with van der Waals surface area (Å²) < 4.78 is 0. The fraction of sp³-hybridized carbons (Fsp3) is 0.818. The number of rotatable bonds is 1. The number of halogens is 1. The van der Waals surface area contributed by atoms with Gasteiger partial charge in [-0.15, -0.1) is 0 Å². The second kappa shape index (κ2) is 3.72. The quantitative estimate of drug-likeness (QED) is 0.560. The molecule has 0 spiro atoms. The van der Waals surface area contributed by atoms with E-state index in [9.17, 15) is 4.79 Å². The Hall–Kier alpha value is -0.580. The molecule has 4 nitrogen and oxygen atoms in total. The van der Waals surface area contributed by atoms with Crippen molar-refractivity contribution in [1.29, 1.82) is 0 Å². The molecule has 0 heterocycles. The van der Waals surface area contributed by atoms with Gasteiger partial charge in [-0.2, -0.15) is 5.10 Å². The van der Waals surface area contributed by atoms with Gasteiger partial charge in [-0.05, 0) is 43.4 Å². The molecule has 4 aliphatic rings. The number of carbonyl (C=O) groups excluding carboxylic acids is 1. The number of amides is 2. The smallest absolute Gasteiger partial charge is 0.332 e. The van der Waals surface area contributed by atoms with Gasteiger partial charge in [-0.1, -0.05) is 15.9 Å². The van der Waals surface area contributed by atoms with Crippen LogP contribution in [-0.4, -0.2) is 16.6 Å². The van der Waals surface area contributed by atoms with Gasteiger partial charge in [0.05, 0.1) is 0 Å². The van der Waals surface area contributed by atoms with Gasteiger partial charge < -0.3 is 5.73 Å². The fourth-order valence-electron chi connectivity index (χ4n) is 3.88. The number of nitrogens with two attached hydrogens (primary N) is 1. The van der Waals surface area contributed by atoms with E-state index in [1.807, 2.05) is 0 Å². The van der Waals surface area contributed by atoms with Crippen LogP contribution in [0.1, 0.15) is 25.7 Å². The average molecular weight is 286 g/mol. The second-order valence-corrected chi connectivity index (χ2v) is 6.39. The molecule has 0 aromatic heterocycles. The number of hydrogen-bond acceptors (Lipinski definition) is 2. The summed E-state index contributed by atoms with van der Waals surface area (Å²) in [5.41, 5.74) is 8.64. The van der Waals surface area contributed by atoms with Crippen LogP contribution in [0.15, 0.2) is 5.10 Å². The van der Waals surface area contributed by atoms with Crippen LogP contribution in [0.5, 0.6) is 0 Å². The van der Waals surface area contributed by atoms with Gasteiger partial charge in [0, 0.05) is 16.5 Å². The number of hydrogen-bond donors (Lipinski definition) is 2. The molecule has 0 aliphatic heterocycles. The summed E-state index contributed by atoms with van der Waals surface area (Å²) in [7, 11) is 0. The van der Waals surface area contributed by atoms with Crippen molar-refractivity contribution in [2.24, 2.45) is 34.5 Å². The molecule has 5 atom stereocenters. The monoisotopic (exact) mass is 285 g/mol. The van der Waals surface area contributed by atoms with Crippen LogP contribution >= 0.6 is 15.9 Å². The molecule has 88 valence electrons. The minimum Gasteiger partial charge on any atom is -0.350 e. The highest BCUT2D eigenvalue weighted by atomic mass is 79.9. The maximum absolute atomic E-state index is 10.7. The summed E-state index contributed by atoms with van der Waals surface area (Å²) in [5.74, 6) is 2.80. The molecule has 3 N–H and O–H groups in total. The highest BCUT2D eigenvalue weighted by Crippen LogP contribution is 2.54. The van der Waals surface area contributed by atoms with Crippen molar-refractivity contribution >= 4 is 27.7 Å². The van der Waals surface area contributed by atoms with Crippen molar-refractivity contribution in [2.45, 2.75) is 30.5 Å². The first-order chi connectivity index (χ1) is 7.65. The molecule has 0 aromatic rings. The van der Waals surface area contributed by atoms with E-state index in [0.29, 0.717) is 16.7 Å². The van der Waals surface area contributed by atoms with E-state index in [2.05, 4.69) is 26.5 Å². The SMILES string of the molecule is NC(=O)N/N=C1\[C@H]2C[C@@H]3C[C@H](C2)[C@H](Br)[C@H]1C3. The molecule has 0 aromatic carbocycles. The molecule has 4 bridgehead atoms. The molecule has 4 fully saturated rings. The van der Waals surface area contributed by atoms with Crippen LogP contribution in [0, 0.1) is 23.7 Å². The minimum absolute atomic E-state index is 0.517. The van der Waals surface area contributed by atoms with Gasteiger partial charge in [-0.3, -0.25) is 0 Å². The fourth-order valence-corrected chi connectivity index (χ4v) is 4.80. The van der Waals surface area contributed by atoms with E-state index >= 15 is 0 Å². The van der Waals surface area contributed by atoms with E-state index < -0.39 is 6.03 Å². The van der Waals surface area contributed by atoms with Crippen molar-refractivity contribution in [3.05, 3.63) is 0 Å². The normalized spacial score (nSPS) is 47.3. The maximum Gasteiger partial charge on any atom is 0.332 e. The van der Waals surface area contributed by atoms with Crippen LogP contribution in [0.2, 0.25) is 0 Å². The number of hydrazone groups is 1. The van der Waals surface area contributed by atoms with E-state index in [4.69, 9.17) is 5.73 Å². The molecule has 5 heteroatoms. The van der Waals surface area contributed by atoms with Gasteiger partial charge in [0.25, 0.3) is 0 Å². The number of primary amides is 1. The zero-order chi connectivity index (χ0) is 11.3. The van der Waals surface area contributed by atoms with Gasteiger partial charge >= 0.3 is 6.03 Å². The predicted octanol–water partition coefficient (Wildman–Crippen LogP) is 1.84. The van der Waals surface area contributed by atoms with Gasteiger partial charge in [-0.25, -0.2) is 10.2 Å². The molecular formula is C11H16BrN3O. The van der Waals surface area contributed by atoms with Gasteiger partial charge in [0.2, 0.25) is 0 Å². The highest BCUT2D eigenvalue weighted by Gasteiger charge is 2.51. The lowest BCUT2D eigenvalue weighted by Crippen LogP contribution is -2.52. The number of nitrogens with one attached hydrogen (secondary N) is 1. The first-order valence-corrected chi connectivity index (χ1v) is 6.83. The predicted molar refractivity (Wildman–Crippen MR) is 65.3 cm³/mol. The minimum atomic E-state index is -0.563. The summed E-state index contributed by atoms with van der Waals surface area (Å²) in [6.07, 6.45) is 5.08. The third-order valence-corrected chi connectivity index (χ3v) is 5.74. The Morgan fingerprint density at radius 1 is 1.38 bits per heavy atom. The summed E-state index contributed by atoms with van der Waals surface area (Å²) in [4.78, 5) is 11.3. The third kappa shape index (κ3) is 1.56. The first kappa shape index (κ1) is 10.6. The zero-order valence-corrected chi connectivity index (χ0v) is 10.6. The molecule has 4 rings (SSSR count). The Labute approximate surface area is 103 Å². The van der Waals surface area contributed by atoms with Crippen molar-refractivity contribution < 1.29 is 4.79 Å². The van der Waals surface area contributed by atoms with Crippen LogP contribution in [-0.2, 0) is 0 Å². The Kier molecular flexibility index (Phi) is 2.46. The van der Waals surface area contributed by atoms with E-state index in [-0.39, 0.29) is 0 Å². The van der Waals surface area contributed by atoms with Crippen molar-refractivity contribution in [3.8, 4) is 0 Å². The zero-order valence-electron chi connectivity index (χ0n) is 9.03. The molecule has 4 saturated carbocycles. The molecule has 2 amide bonds. The lowest BCUT2D eigenvalue weighted by Gasteiger charge is -2.53. The maximum atomic E-state index is 10.7. The van der Waals surface area contributed by atoms with Crippen LogP contribution < -0.4 is 11.2 Å².